The predicted octanol–water partition coefficient (Wildman–Crippen LogP) is 4.32. The van der Waals surface area contributed by atoms with E-state index in [-0.39, 0.29) is 23.0 Å². The number of nitro benzene ring substituents is 1. The average molecular weight is 421 g/mol. The van der Waals surface area contributed by atoms with Crippen LogP contribution in [-0.2, 0) is 14.3 Å². The molecule has 0 bridgehead atoms. The maximum absolute atomic E-state index is 12.2. The summed E-state index contributed by atoms with van der Waals surface area (Å²) in [4.78, 5) is 34.4. The highest BCUT2D eigenvalue weighted by molar-refractivity contribution is 6.33. The Balaban J connectivity index is 1.88. The van der Waals surface area contributed by atoms with Gasteiger partial charge in [0.1, 0.15) is 5.75 Å². The molecule has 0 aromatic heterocycles. The van der Waals surface area contributed by atoms with E-state index in [1.165, 1.54) is 19.1 Å². The first-order chi connectivity index (χ1) is 13.7. The van der Waals surface area contributed by atoms with E-state index in [1.54, 1.807) is 12.1 Å². The smallest absolute Gasteiger partial charge is 0.344 e. The number of nitrogens with zero attached hydrogens (tertiary/aromatic N) is 1. The minimum absolute atomic E-state index is 0.0512. The number of anilines is 1. The van der Waals surface area contributed by atoms with E-state index >= 15 is 0 Å². The topological polar surface area (TPSA) is 108 Å². The Morgan fingerprint density at radius 3 is 2.38 bits per heavy atom. The second-order valence-electron chi connectivity index (χ2n) is 6.56. The number of hydrogen-bond acceptors (Lipinski definition) is 6. The minimum atomic E-state index is -1.15. The fourth-order valence-electron chi connectivity index (χ4n) is 2.33. The lowest BCUT2D eigenvalue weighted by atomic mass is 10.0. The number of amides is 1. The fraction of sp³-hybridized carbons (Fsp3) is 0.300. The van der Waals surface area contributed by atoms with E-state index in [0.29, 0.717) is 11.7 Å². The van der Waals surface area contributed by atoms with Crippen LogP contribution < -0.4 is 10.1 Å². The summed E-state index contributed by atoms with van der Waals surface area (Å²) >= 11 is 5.94. The maximum Gasteiger partial charge on any atom is 0.344 e. The van der Waals surface area contributed by atoms with Gasteiger partial charge in [0.15, 0.2) is 12.7 Å². The molecule has 0 saturated carbocycles. The summed E-state index contributed by atoms with van der Waals surface area (Å²) in [6.45, 7) is 5.15. The van der Waals surface area contributed by atoms with Crippen LogP contribution in [0.25, 0.3) is 0 Å². The Morgan fingerprint density at radius 2 is 1.79 bits per heavy atom. The Hall–Kier alpha value is -3.13. The first kappa shape index (κ1) is 22.2. The third-order valence-corrected chi connectivity index (χ3v) is 4.33. The van der Waals surface area contributed by atoms with Gasteiger partial charge in [-0.05, 0) is 36.6 Å². The molecule has 154 valence electrons. The quantitative estimate of drug-likeness (QED) is 0.387. The molecular formula is C20H21ClN2O6. The van der Waals surface area contributed by atoms with Crippen LogP contribution in [0.4, 0.5) is 11.4 Å². The van der Waals surface area contributed by atoms with Crippen LogP contribution in [0.5, 0.6) is 5.75 Å². The van der Waals surface area contributed by atoms with Crippen molar-refractivity contribution in [3.63, 3.8) is 0 Å². The molecule has 1 amide bonds. The number of carbonyl (C=O) groups excluding carboxylic acids is 2. The number of hydrogen-bond donors (Lipinski definition) is 1. The van der Waals surface area contributed by atoms with Gasteiger partial charge < -0.3 is 14.8 Å². The van der Waals surface area contributed by atoms with Crippen LogP contribution in [0.1, 0.15) is 32.3 Å². The molecule has 0 aliphatic carbocycles. The van der Waals surface area contributed by atoms with Gasteiger partial charge in [-0.25, -0.2) is 4.79 Å². The Labute approximate surface area is 172 Å². The van der Waals surface area contributed by atoms with Crippen molar-refractivity contribution in [1.29, 1.82) is 0 Å². The van der Waals surface area contributed by atoms with Gasteiger partial charge in [-0.15, -0.1) is 0 Å². The van der Waals surface area contributed by atoms with E-state index in [4.69, 9.17) is 21.1 Å². The molecule has 1 unspecified atom stereocenters. The molecule has 2 rings (SSSR count). The zero-order chi connectivity index (χ0) is 21.6. The monoisotopic (exact) mass is 420 g/mol. The molecule has 0 fully saturated rings. The number of halogens is 1. The number of nitrogens with one attached hydrogen (secondary N) is 1. The lowest BCUT2D eigenvalue weighted by Crippen LogP contribution is -2.31. The molecule has 0 radical (unpaired) electrons. The number of carbonyl (C=O) groups is 2. The van der Waals surface area contributed by atoms with Gasteiger partial charge in [-0.3, -0.25) is 14.9 Å². The Morgan fingerprint density at radius 1 is 1.14 bits per heavy atom. The first-order valence-electron chi connectivity index (χ1n) is 8.84. The summed E-state index contributed by atoms with van der Waals surface area (Å²) in [5.74, 6) is -0.521. The average Bonchev–Trinajstić information content (AvgIpc) is 2.68. The normalized spacial score (nSPS) is 11.6. The number of esters is 1. The van der Waals surface area contributed by atoms with Crippen LogP contribution in [0, 0.1) is 10.1 Å². The van der Waals surface area contributed by atoms with E-state index in [9.17, 15) is 19.7 Å². The number of ether oxygens (including phenoxy) is 2. The van der Waals surface area contributed by atoms with Crippen LogP contribution in [0.15, 0.2) is 42.5 Å². The predicted molar refractivity (Wildman–Crippen MR) is 108 cm³/mol. The van der Waals surface area contributed by atoms with E-state index in [1.807, 2.05) is 12.1 Å². The SMILES string of the molecule is CC(OC(=O)COc1ccc(C(C)C)cc1)C(=O)Nc1cc([N+](=O)[O-])ccc1Cl. The summed E-state index contributed by atoms with van der Waals surface area (Å²) < 4.78 is 10.4. The molecule has 0 saturated heterocycles. The summed E-state index contributed by atoms with van der Waals surface area (Å²) in [6, 6.07) is 11.0. The zero-order valence-corrected chi connectivity index (χ0v) is 16.9. The highest BCUT2D eigenvalue weighted by Crippen LogP contribution is 2.27. The number of benzene rings is 2. The van der Waals surface area contributed by atoms with Crippen molar-refractivity contribution in [3.05, 3.63) is 63.2 Å². The van der Waals surface area contributed by atoms with Crippen molar-refractivity contribution in [1.82, 2.24) is 0 Å². The number of rotatable bonds is 8. The van der Waals surface area contributed by atoms with Crippen molar-refractivity contribution in [2.75, 3.05) is 11.9 Å². The van der Waals surface area contributed by atoms with Gasteiger partial charge in [-0.2, -0.15) is 0 Å². The summed E-state index contributed by atoms with van der Waals surface area (Å²) in [7, 11) is 0. The minimum Gasteiger partial charge on any atom is -0.482 e. The molecule has 0 spiro atoms. The maximum atomic E-state index is 12.2. The molecular weight excluding hydrogens is 400 g/mol. The van der Waals surface area contributed by atoms with Crippen molar-refractivity contribution in [3.8, 4) is 5.75 Å². The van der Waals surface area contributed by atoms with Gasteiger partial charge in [0.2, 0.25) is 0 Å². The van der Waals surface area contributed by atoms with Crippen molar-refractivity contribution >= 4 is 34.9 Å². The second kappa shape index (κ2) is 9.88. The number of non-ortho nitro benzene ring substituents is 1. The van der Waals surface area contributed by atoms with Gasteiger partial charge in [0.05, 0.1) is 15.6 Å². The molecule has 9 heteroatoms. The molecule has 0 heterocycles. The van der Waals surface area contributed by atoms with Gasteiger partial charge in [0, 0.05) is 12.1 Å². The lowest BCUT2D eigenvalue weighted by molar-refractivity contribution is -0.384. The highest BCUT2D eigenvalue weighted by atomic mass is 35.5. The van der Waals surface area contributed by atoms with Crippen LogP contribution >= 0.6 is 11.6 Å². The van der Waals surface area contributed by atoms with Gasteiger partial charge in [-0.1, -0.05) is 37.6 Å². The third kappa shape index (κ3) is 6.46. The lowest BCUT2D eigenvalue weighted by Gasteiger charge is -2.14. The van der Waals surface area contributed by atoms with E-state index in [2.05, 4.69) is 19.2 Å². The van der Waals surface area contributed by atoms with Crippen molar-refractivity contribution < 1.29 is 24.0 Å². The number of nitro groups is 1. The molecule has 2 aromatic carbocycles. The Bertz CT molecular complexity index is 898. The third-order valence-electron chi connectivity index (χ3n) is 4.00. The van der Waals surface area contributed by atoms with Crippen LogP contribution in [-0.4, -0.2) is 29.5 Å². The standard InChI is InChI=1S/C20H21ClN2O6/c1-12(2)14-4-7-16(8-5-14)28-11-19(24)29-13(3)20(25)22-18-10-15(23(26)27)6-9-17(18)21/h4-10,12-13H,11H2,1-3H3,(H,22,25). The molecule has 1 atom stereocenters. The molecule has 0 aliphatic rings. The van der Waals surface area contributed by atoms with E-state index < -0.39 is 22.9 Å². The largest absolute Gasteiger partial charge is 0.482 e. The molecule has 8 nitrogen and oxygen atoms in total. The van der Waals surface area contributed by atoms with Crippen LogP contribution in [0.3, 0.4) is 0 Å². The summed E-state index contributed by atoms with van der Waals surface area (Å²) in [6.07, 6.45) is -1.15. The van der Waals surface area contributed by atoms with Gasteiger partial charge >= 0.3 is 5.97 Å². The van der Waals surface area contributed by atoms with Crippen molar-refractivity contribution in [2.45, 2.75) is 32.8 Å². The second-order valence-corrected chi connectivity index (χ2v) is 6.96. The van der Waals surface area contributed by atoms with Crippen LogP contribution in [0.2, 0.25) is 5.02 Å². The highest BCUT2D eigenvalue weighted by Gasteiger charge is 2.20. The summed E-state index contributed by atoms with van der Waals surface area (Å²) in [5, 5.41) is 13.4. The van der Waals surface area contributed by atoms with Crippen molar-refractivity contribution in [2.24, 2.45) is 0 Å². The summed E-state index contributed by atoms with van der Waals surface area (Å²) in [5.41, 5.74) is 0.964. The van der Waals surface area contributed by atoms with E-state index in [0.717, 1.165) is 11.6 Å². The fourth-order valence-corrected chi connectivity index (χ4v) is 2.50. The molecule has 1 N–H and O–H groups in total. The molecule has 0 aliphatic heterocycles. The molecule has 2 aromatic rings. The zero-order valence-electron chi connectivity index (χ0n) is 16.2. The van der Waals surface area contributed by atoms with Gasteiger partial charge in [0.25, 0.3) is 11.6 Å². The first-order valence-corrected chi connectivity index (χ1v) is 9.22. The molecule has 29 heavy (non-hydrogen) atoms. The Kier molecular flexibility index (Phi) is 7.55.